The zero-order valence-electron chi connectivity index (χ0n) is 20.1. The van der Waals surface area contributed by atoms with Crippen molar-refractivity contribution in [2.24, 2.45) is 0 Å². The third kappa shape index (κ3) is 4.77. The molecule has 0 saturated heterocycles. The third-order valence-electron chi connectivity index (χ3n) is 6.22. The van der Waals surface area contributed by atoms with Crippen LogP contribution in [0.2, 0.25) is 10.0 Å². The van der Waals surface area contributed by atoms with Crippen LogP contribution in [-0.2, 0) is 19.3 Å². The van der Waals surface area contributed by atoms with Gasteiger partial charge in [-0.25, -0.2) is 0 Å². The maximum atomic E-state index is 14.3. The highest BCUT2D eigenvalue weighted by Crippen LogP contribution is 2.42. The molecule has 1 aliphatic rings. The van der Waals surface area contributed by atoms with Crippen LogP contribution in [0.1, 0.15) is 16.9 Å². The first-order valence-corrected chi connectivity index (χ1v) is 12.1. The van der Waals surface area contributed by atoms with Gasteiger partial charge in [-0.3, -0.25) is 9.69 Å². The van der Waals surface area contributed by atoms with Crippen LogP contribution in [0.5, 0.6) is 17.2 Å². The van der Waals surface area contributed by atoms with Crippen LogP contribution in [0.4, 0.5) is 13.2 Å². The second-order valence-electron chi connectivity index (χ2n) is 8.63. The molecule has 0 fully saturated rings. The van der Waals surface area contributed by atoms with Gasteiger partial charge in [0.2, 0.25) is 11.2 Å². The SMILES string of the molecule is COc1ccc(-c2c(C(F)(F)F)oc3c4c(ccc3c2=O)OCN(Cc2ccc(Cl)c(Cl)c2)C4)cc1OC. The molecule has 0 spiro atoms. The molecule has 4 aromatic rings. The Hall–Kier alpha value is -3.40. The van der Waals surface area contributed by atoms with Crippen LogP contribution in [-0.4, -0.2) is 25.9 Å². The number of halogens is 5. The quantitative estimate of drug-likeness (QED) is 0.256. The van der Waals surface area contributed by atoms with E-state index in [1.54, 1.807) is 24.3 Å². The summed E-state index contributed by atoms with van der Waals surface area (Å²) in [5.74, 6) is -0.576. The molecule has 1 aromatic heterocycles. The van der Waals surface area contributed by atoms with Crippen molar-refractivity contribution in [2.75, 3.05) is 21.0 Å². The average Bonchev–Trinajstić information content (AvgIpc) is 2.89. The van der Waals surface area contributed by atoms with E-state index in [0.717, 1.165) is 5.56 Å². The summed E-state index contributed by atoms with van der Waals surface area (Å²) in [7, 11) is 2.75. The van der Waals surface area contributed by atoms with Gasteiger partial charge in [0.25, 0.3) is 0 Å². The van der Waals surface area contributed by atoms with Crippen molar-refractivity contribution in [3.05, 3.63) is 85.7 Å². The number of methoxy groups -OCH3 is 2. The summed E-state index contributed by atoms with van der Waals surface area (Å²) in [6.45, 7) is 0.745. The Morgan fingerprint density at radius 1 is 0.974 bits per heavy atom. The zero-order valence-corrected chi connectivity index (χ0v) is 21.6. The van der Waals surface area contributed by atoms with Crippen molar-refractivity contribution in [3.63, 3.8) is 0 Å². The molecule has 3 aromatic carbocycles. The Bertz CT molecular complexity index is 1600. The Morgan fingerprint density at radius 3 is 2.42 bits per heavy atom. The highest BCUT2D eigenvalue weighted by Gasteiger charge is 2.40. The lowest BCUT2D eigenvalue weighted by Gasteiger charge is -2.29. The molecule has 0 N–H and O–H groups in total. The lowest BCUT2D eigenvalue weighted by molar-refractivity contribution is -0.152. The predicted octanol–water partition coefficient (Wildman–Crippen LogP) is 7.15. The maximum Gasteiger partial charge on any atom is 0.450 e. The molecule has 2 heterocycles. The van der Waals surface area contributed by atoms with Crippen molar-refractivity contribution in [2.45, 2.75) is 19.3 Å². The molecule has 1 aliphatic heterocycles. The summed E-state index contributed by atoms with van der Waals surface area (Å²) in [6, 6.07) is 12.2. The first-order chi connectivity index (χ1) is 18.1. The van der Waals surface area contributed by atoms with Crippen LogP contribution in [0, 0.1) is 0 Å². The van der Waals surface area contributed by atoms with Gasteiger partial charge < -0.3 is 18.6 Å². The number of alkyl halides is 3. The number of fused-ring (bicyclic) bond motifs is 3. The number of rotatable bonds is 5. The molecule has 38 heavy (non-hydrogen) atoms. The van der Waals surface area contributed by atoms with Crippen LogP contribution < -0.4 is 19.6 Å². The number of hydrogen-bond acceptors (Lipinski definition) is 6. The minimum absolute atomic E-state index is 0.00141. The zero-order chi connectivity index (χ0) is 27.2. The molecule has 0 unspecified atom stereocenters. The molecule has 0 saturated carbocycles. The lowest BCUT2D eigenvalue weighted by atomic mass is 9.99. The van der Waals surface area contributed by atoms with E-state index >= 15 is 0 Å². The van der Waals surface area contributed by atoms with Gasteiger partial charge in [0.1, 0.15) is 18.1 Å². The lowest BCUT2D eigenvalue weighted by Crippen LogP contribution is -2.32. The minimum Gasteiger partial charge on any atom is -0.493 e. The second-order valence-corrected chi connectivity index (χ2v) is 9.45. The van der Waals surface area contributed by atoms with Gasteiger partial charge in [-0.1, -0.05) is 35.3 Å². The Balaban J connectivity index is 1.63. The standard InChI is InChI=1S/C27H20Cl2F3NO5/c1-35-21-7-4-15(10-22(21)36-2)23-24(34)16-5-8-20-17(25(16)38-26(23)27(30,31)32)12-33(13-37-20)11-14-3-6-18(28)19(29)9-14/h3-10H,11-13H2,1-2H3. The van der Waals surface area contributed by atoms with Crippen LogP contribution in [0.15, 0.2) is 57.7 Å². The highest BCUT2D eigenvalue weighted by molar-refractivity contribution is 6.42. The first kappa shape index (κ1) is 26.2. The van der Waals surface area contributed by atoms with Gasteiger partial charge in [-0.2, -0.15) is 13.2 Å². The maximum absolute atomic E-state index is 14.3. The third-order valence-corrected chi connectivity index (χ3v) is 6.96. The van der Waals surface area contributed by atoms with E-state index in [-0.39, 0.29) is 35.6 Å². The summed E-state index contributed by atoms with van der Waals surface area (Å²) in [5, 5.41) is 0.798. The van der Waals surface area contributed by atoms with E-state index in [0.29, 0.717) is 33.7 Å². The fourth-order valence-electron chi connectivity index (χ4n) is 4.46. The van der Waals surface area contributed by atoms with Gasteiger partial charge in [-0.15, -0.1) is 0 Å². The average molecular weight is 566 g/mol. The minimum atomic E-state index is -4.95. The predicted molar refractivity (Wildman–Crippen MR) is 137 cm³/mol. The number of ether oxygens (including phenoxy) is 3. The van der Waals surface area contributed by atoms with Gasteiger partial charge in [0, 0.05) is 13.1 Å². The van der Waals surface area contributed by atoms with Crippen molar-refractivity contribution in [1.82, 2.24) is 4.90 Å². The molecule has 0 atom stereocenters. The molecular formula is C27H20Cl2F3NO5. The summed E-state index contributed by atoms with van der Waals surface area (Å²) in [4.78, 5) is 15.4. The van der Waals surface area contributed by atoms with E-state index in [1.807, 2.05) is 4.90 Å². The first-order valence-electron chi connectivity index (χ1n) is 11.3. The topological polar surface area (TPSA) is 61.1 Å². The van der Waals surface area contributed by atoms with Crippen molar-refractivity contribution in [3.8, 4) is 28.4 Å². The molecule has 6 nitrogen and oxygen atoms in total. The fourth-order valence-corrected chi connectivity index (χ4v) is 4.78. The van der Waals surface area contributed by atoms with Gasteiger partial charge in [0.05, 0.1) is 40.8 Å². The highest BCUT2D eigenvalue weighted by atomic mass is 35.5. The summed E-state index contributed by atoms with van der Waals surface area (Å²) >= 11 is 12.1. The number of benzene rings is 3. The Morgan fingerprint density at radius 2 is 1.74 bits per heavy atom. The van der Waals surface area contributed by atoms with Crippen LogP contribution >= 0.6 is 23.2 Å². The van der Waals surface area contributed by atoms with Gasteiger partial charge in [0.15, 0.2) is 11.5 Å². The van der Waals surface area contributed by atoms with E-state index in [9.17, 15) is 18.0 Å². The molecule has 0 aliphatic carbocycles. The number of nitrogens with zero attached hydrogens (tertiary/aromatic N) is 1. The molecule has 198 valence electrons. The van der Waals surface area contributed by atoms with Crippen LogP contribution in [0.3, 0.4) is 0 Å². The molecule has 5 rings (SSSR count). The largest absolute Gasteiger partial charge is 0.493 e. The van der Waals surface area contributed by atoms with E-state index in [2.05, 4.69) is 0 Å². The summed E-state index contributed by atoms with van der Waals surface area (Å²) in [6.07, 6.45) is -4.95. The molecule has 0 radical (unpaired) electrons. The smallest absolute Gasteiger partial charge is 0.450 e. The number of hydrogen-bond donors (Lipinski definition) is 0. The van der Waals surface area contributed by atoms with Crippen LogP contribution in [0.25, 0.3) is 22.1 Å². The summed E-state index contributed by atoms with van der Waals surface area (Å²) < 4.78 is 64.6. The van der Waals surface area contributed by atoms with E-state index in [1.165, 1.54) is 38.5 Å². The molecule has 11 heteroatoms. The Labute approximate surface area is 225 Å². The van der Waals surface area contributed by atoms with Crippen molar-refractivity contribution >= 4 is 34.2 Å². The second kappa shape index (κ2) is 10.1. The van der Waals surface area contributed by atoms with Crippen molar-refractivity contribution in [1.29, 1.82) is 0 Å². The monoisotopic (exact) mass is 565 g/mol. The normalized spacial score (nSPS) is 13.8. The van der Waals surface area contributed by atoms with Gasteiger partial charge >= 0.3 is 6.18 Å². The Kier molecular flexibility index (Phi) is 6.94. The van der Waals surface area contributed by atoms with Crippen molar-refractivity contribution < 1.29 is 31.8 Å². The molecule has 0 bridgehead atoms. The van der Waals surface area contributed by atoms with Gasteiger partial charge in [-0.05, 0) is 47.5 Å². The fraction of sp³-hybridized carbons (Fsp3) is 0.222. The van der Waals surface area contributed by atoms with E-state index < -0.39 is 22.9 Å². The summed E-state index contributed by atoms with van der Waals surface area (Å²) in [5.41, 5.74) is -0.454. The van der Waals surface area contributed by atoms with E-state index in [4.69, 9.17) is 41.8 Å². The molecule has 0 amide bonds. The molecular weight excluding hydrogens is 546 g/mol.